The monoisotopic (exact) mass is 550 g/mol. The van der Waals surface area contributed by atoms with Gasteiger partial charge in [0.05, 0.1) is 23.0 Å². The lowest BCUT2D eigenvalue weighted by Gasteiger charge is -2.49. The lowest BCUT2D eigenvalue weighted by atomic mass is 9.74. The second-order valence-corrected chi connectivity index (χ2v) is 12.1. The van der Waals surface area contributed by atoms with Crippen LogP contribution in [0.5, 0.6) is 0 Å². The average Bonchev–Trinajstić information content (AvgIpc) is 3.53. The second kappa shape index (κ2) is 11.2. The van der Waals surface area contributed by atoms with E-state index in [1.54, 1.807) is 32.2 Å². The Balaban J connectivity index is 1.41. The molecule has 0 radical (unpaired) electrons. The van der Waals surface area contributed by atoms with Crippen LogP contribution in [-0.2, 0) is 15.9 Å². The van der Waals surface area contributed by atoms with Gasteiger partial charge in [0.1, 0.15) is 5.82 Å². The Morgan fingerprint density at radius 2 is 1.93 bits per heavy atom. The molecular formula is C32H43FN4O3. The van der Waals surface area contributed by atoms with Gasteiger partial charge in [0.15, 0.2) is 5.79 Å². The van der Waals surface area contributed by atoms with Gasteiger partial charge >= 0.3 is 0 Å². The number of ether oxygens (including phenoxy) is 2. The van der Waals surface area contributed by atoms with Gasteiger partial charge in [-0.15, -0.1) is 0 Å². The maximum Gasteiger partial charge on any atom is 0.256 e. The molecule has 1 saturated heterocycles. The Bertz CT molecular complexity index is 1370. The van der Waals surface area contributed by atoms with Crippen molar-refractivity contribution in [3.63, 3.8) is 0 Å². The van der Waals surface area contributed by atoms with Gasteiger partial charge in [-0.1, -0.05) is 0 Å². The summed E-state index contributed by atoms with van der Waals surface area (Å²) in [7, 11) is 5.22. The number of likely N-dealkylation sites (tertiary alicyclic amines) is 1. The minimum absolute atomic E-state index is 0.00227. The molecule has 2 aliphatic rings. The second-order valence-electron chi connectivity index (χ2n) is 12.1. The molecule has 8 heteroatoms. The maximum absolute atomic E-state index is 14.4. The summed E-state index contributed by atoms with van der Waals surface area (Å²) in [5.74, 6) is 0.0826. The van der Waals surface area contributed by atoms with Crippen molar-refractivity contribution in [3.05, 3.63) is 59.3 Å². The molecule has 1 aliphatic heterocycles. The highest BCUT2D eigenvalue weighted by Crippen LogP contribution is 2.45. The molecule has 2 fully saturated rings. The number of aromatic nitrogens is 2. The van der Waals surface area contributed by atoms with E-state index < -0.39 is 11.6 Å². The largest absolute Gasteiger partial charge is 0.353 e. The summed E-state index contributed by atoms with van der Waals surface area (Å²) in [6.07, 6.45) is 9.86. The fraction of sp³-hybridized carbons (Fsp3) is 0.562. The third kappa shape index (κ3) is 5.17. The van der Waals surface area contributed by atoms with Gasteiger partial charge < -0.3 is 23.8 Å². The molecule has 216 valence electrons. The number of rotatable bonds is 9. The van der Waals surface area contributed by atoms with Crippen LogP contribution in [0.15, 0.2) is 36.8 Å². The van der Waals surface area contributed by atoms with Gasteiger partial charge in [-0.25, -0.2) is 4.39 Å². The highest BCUT2D eigenvalue weighted by Gasteiger charge is 2.48. The van der Waals surface area contributed by atoms with Crippen LogP contribution < -0.4 is 0 Å². The van der Waals surface area contributed by atoms with E-state index in [1.165, 1.54) is 23.1 Å². The van der Waals surface area contributed by atoms with Gasteiger partial charge in [0, 0.05) is 70.5 Å². The summed E-state index contributed by atoms with van der Waals surface area (Å²) in [6, 6.07) is 4.97. The zero-order chi connectivity index (χ0) is 28.8. The molecule has 1 unspecified atom stereocenters. The van der Waals surface area contributed by atoms with Crippen molar-refractivity contribution in [2.75, 3.05) is 34.4 Å². The number of pyridine rings is 1. The molecule has 1 saturated carbocycles. The number of fused-ring (bicyclic) bond motifs is 1. The van der Waals surface area contributed by atoms with Crippen molar-refractivity contribution in [3.8, 4) is 5.69 Å². The summed E-state index contributed by atoms with van der Waals surface area (Å²) in [5.41, 5.74) is 4.32. The number of benzene rings is 1. The number of carbonyl (C=O) groups excluding carboxylic acids is 1. The number of methoxy groups -OCH3 is 2. The van der Waals surface area contributed by atoms with E-state index in [0.29, 0.717) is 29.1 Å². The Morgan fingerprint density at radius 1 is 1.20 bits per heavy atom. The van der Waals surface area contributed by atoms with Crippen molar-refractivity contribution in [2.45, 2.75) is 71.2 Å². The predicted octanol–water partition coefficient (Wildman–Crippen LogP) is 5.61. The fourth-order valence-corrected chi connectivity index (χ4v) is 6.61. The van der Waals surface area contributed by atoms with Crippen LogP contribution in [0.1, 0.15) is 61.5 Å². The standard InChI is InChI=1S/C32H43FN4O3/c1-20(2)35(5)31(38)27-13-26(33)8-9-28(27)37-19-24(30-21(3)16-34-17-29(30)37)12-23-10-11-36(18-23)22(4)25-14-32(15-25,39-6)40-7/h8-9,13,16-17,19-20,22-23,25H,10-12,14-15,18H2,1-7H3/t22?,23-/m0/s1. The number of hydrogen-bond acceptors (Lipinski definition) is 5. The molecule has 5 rings (SSSR count). The number of hydrogen-bond donors (Lipinski definition) is 0. The fourth-order valence-electron chi connectivity index (χ4n) is 6.61. The molecule has 2 atom stereocenters. The third-order valence-electron chi connectivity index (χ3n) is 9.50. The van der Waals surface area contributed by atoms with Crippen LogP contribution in [0.3, 0.4) is 0 Å². The smallest absolute Gasteiger partial charge is 0.256 e. The number of halogens is 1. The summed E-state index contributed by atoms with van der Waals surface area (Å²) in [6.45, 7) is 10.5. The van der Waals surface area contributed by atoms with E-state index in [0.717, 1.165) is 49.9 Å². The van der Waals surface area contributed by atoms with Gasteiger partial charge in [0.25, 0.3) is 5.91 Å². The van der Waals surface area contributed by atoms with E-state index in [2.05, 4.69) is 29.9 Å². The summed E-state index contributed by atoms with van der Waals surface area (Å²) in [5, 5.41) is 1.17. The zero-order valence-corrected chi connectivity index (χ0v) is 24.9. The Labute approximate surface area is 237 Å². The summed E-state index contributed by atoms with van der Waals surface area (Å²) < 4.78 is 27.7. The molecule has 2 aromatic heterocycles. The van der Waals surface area contributed by atoms with Crippen molar-refractivity contribution >= 4 is 16.8 Å². The molecule has 0 bridgehead atoms. The molecule has 1 aliphatic carbocycles. The van der Waals surface area contributed by atoms with Gasteiger partial charge in [-0.3, -0.25) is 9.78 Å². The average molecular weight is 551 g/mol. The predicted molar refractivity (Wildman–Crippen MR) is 155 cm³/mol. The molecule has 1 aromatic carbocycles. The van der Waals surface area contributed by atoms with Crippen molar-refractivity contribution in [1.29, 1.82) is 0 Å². The summed E-state index contributed by atoms with van der Waals surface area (Å²) in [4.78, 5) is 22.1. The minimum Gasteiger partial charge on any atom is -0.353 e. The SMILES string of the molecule is COC1(OC)CC(C(C)N2CC[C@@H](Cc3cn(-c4ccc(F)cc4C(=O)N(C)C(C)C)c4cncc(C)c34)C2)C1. The molecule has 1 amide bonds. The van der Waals surface area contributed by atoms with Crippen molar-refractivity contribution in [1.82, 2.24) is 19.4 Å². The first-order valence-electron chi connectivity index (χ1n) is 14.4. The topological polar surface area (TPSA) is 59.8 Å². The van der Waals surface area contributed by atoms with Gasteiger partial charge in [0.2, 0.25) is 0 Å². The Hall–Kier alpha value is -2.81. The van der Waals surface area contributed by atoms with E-state index in [1.807, 2.05) is 30.8 Å². The molecule has 0 N–H and O–H groups in total. The molecule has 40 heavy (non-hydrogen) atoms. The van der Waals surface area contributed by atoms with E-state index in [-0.39, 0.29) is 11.9 Å². The van der Waals surface area contributed by atoms with Crippen LogP contribution in [0.2, 0.25) is 0 Å². The number of aryl methyl sites for hydroxylation is 1. The Kier molecular flexibility index (Phi) is 8.06. The first kappa shape index (κ1) is 28.7. The Morgan fingerprint density at radius 3 is 2.60 bits per heavy atom. The lowest BCUT2D eigenvalue weighted by Crippen LogP contribution is -2.54. The first-order valence-corrected chi connectivity index (χ1v) is 14.4. The van der Waals surface area contributed by atoms with E-state index in [9.17, 15) is 9.18 Å². The maximum atomic E-state index is 14.4. The highest BCUT2D eigenvalue weighted by molar-refractivity contribution is 5.99. The number of carbonyl (C=O) groups is 1. The van der Waals surface area contributed by atoms with Crippen LogP contribution in [0.25, 0.3) is 16.6 Å². The number of nitrogens with zero attached hydrogens (tertiary/aromatic N) is 4. The highest BCUT2D eigenvalue weighted by atomic mass is 19.1. The van der Waals surface area contributed by atoms with Crippen LogP contribution in [-0.4, -0.2) is 77.5 Å². The van der Waals surface area contributed by atoms with Gasteiger partial charge in [-0.05, 0) is 88.2 Å². The van der Waals surface area contributed by atoms with E-state index in [4.69, 9.17) is 9.47 Å². The molecule has 3 heterocycles. The third-order valence-corrected chi connectivity index (χ3v) is 9.50. The number of amides is 1. The van der Waals surface area contributed by atoms with Gasteiger partial charge in [-0.2, -0.15) is 0 Å². The summed E-state index contributed by atoms with van der Waals surface area (Å²) >= 11 is 0. The molecule has 3 aromatic rings. The van der Waals surface area contributed by atoms with E-state index >= 15 is 0 Å². The quantitative estimate of drug-likeness (QED) is 0.325. The van der Waals surface area contributed by atoms with Crippen LogP contribution in [0, 0.1) is 24.6 Å². The van der Waals surface area contributed by atoms with Crippen molar-refractivity contribution in [2.24, 2.45) is 11.8 Å². The normalized spacial score (nSPS) is 20.3. The van der Waals surface area contributed by atoms with Crippen LogP contribution in [0.4, 0.5) is 4.39 Å². The minimum atomic E-state index is -0.421. The molecule has 0 spiro atoms. The van der Waals surface area contributed by atoms with Crippen LogP contribution >= 0.6 is 0 Å². The molecular weight excluding hydrogens is 507 g/mol. The zero-order valence-electron chi connectivity index (χ0n) is 24.9. The lowest BCUT2D eigenvalue weighted by molar-refractivity contribution is -0.276. The van der Waals surface area contributed by atoms with Crippen molar-refractivity contribution < 1.29 is 18.7 Å². The first-order chi connectivity index (χ1) is 19.1. The molecule has 7 nitrogen and oxygen atoms in total.